The molecule has 15 aliphatic rings. The van der Waals surface area contributed by atoms with E-state index in [9.17, 15) is 28.8 Å². The third kappa shape index (κ3) is 10.7. The number of ether oxygens (including phenoxy) is 12. The van der Waals surface area contributed by atoms with Crippen molar-refractivity contribution >= 4 is 35.8 Å². The van der Waals surface area contributed by atoms with Crippen LogP contribution >= 0.6 is 0 Å². The van der Waals surface area contributed by atoms with Crippen LogP contribution in [0.1, 0.15) is 185 Å². The van der Waals surface area contributed by atoms with E-state index in [4.69, 9.17) is 86.2 Å². The molecule has 0 aromatic rings. The Morgan fingerprint density at radius 3 is 1.31 bits per heavy atom. The summed E-state index contributed by atoms with van der Waals surface area (Å²) in [6.45, 7) is 18.8. The molecule has 476 valence electrons. The third-order valence-electron chi connectivity index (χ3n) is 22.6. The standard InChI is InChI=1S/C61H88O24/c1-31-11-13-41-34(4)49(74-52-59(41)38(31)22-26-56(8,77-52)80-83-59)71-46(65)17-15-43(62)68-29-37(70-45(64)19-20-47(66)72-50-35(5)42-14-12-32(2)39-23-27-57(9)78-53(75-50)60(39,42)84-81-57)30-69-44(63)16-18-48(67)73-51-36(6)55(7)25-21-33(3)40-24-28-58(10)79-54(76-51)61(40,55)85-82-58/h31-42,49-54H,11-30H2,1-10H3/t31-,32-,33-,34-,35-,36+,37?,38+,39+,40+,41+,42+,49-,50-,51-,52-,53-,54-,55+,56+,57+,58+,59-,60-,61+/m1/s1. The number of carbonyl (C=O) groups is 6. The lowest BCUT2D eigenvalue weighted by molar-refractivity contribution is -0.586. The summed E-state index contributed by atoms with van der Waals surface area (Å²) in [5.74, 6) is -7.69. The van der Waals surface area contributed by atoms with Gasteiger partial charge in [-0.05, 0) is 114 Å². The van der Waals surface area contributed by atoms with Crippen LogP contribution in [0.2, 0.25) is 0 Å². The Morgan fingerprint density at radius 1 is 0.412 bits per heavy atom. The van der Waals surface area contributed by atoms with Crippen molar-refractivity contribution in [3.05, 3.63) is 0 Å². The SMILES string of the molecule is C[C@H]1[C@H](OC(=O)CCC(=O)OCC(COC(=O)CCC(=O)O[C@@H]2O[C@@H]3O[C@]4(C)CC[C@H]5[C@H](C)CC[C@@](C)([C@H]2C)[C@@]35OO4)OC(=O)CCC(=O)O[C@@H]2O[C@@H]3O[C@]4(C)CC[C@H]5[C@H](C)CC[C@@H]([C@H]2C)[C@@]35OO4)O[C@@H]2O[C@]3(C)CC[C@H]4[C@H](C)CC[C@@H]1[C@@]24OO3. The van der Waals surface area contributed by atoms with Crippen molar-refractivity contribution in [1.82, 2.24) is 0 Å². The molecule has 3 spiro atoms. The van der Waals surface area contributed by atoms with E-state index in [1.54, 1.807) is 13.8 Å². The van der Waals surface area contributed by atoms with Gasteiger partial charge in [-0.3, -0.25) is 28.8 Å². The van der Waals surface area contributed by atoms with Crippen molar-refractivity contribution in [2.75, 3.05) is 13.2 Å². The van der Waals surface area contributed by atoms with Gasteiger partial charge < -0.3 is 56.8 Å². The van der Waals surface area contributed by atoms with E-state index in [1.165, 1.54) is 0 Å². The highest BCUT2D eigenvalue weighted by Gasteiger charge is 2.76. The molecule has 0 N–H and O–H groups in total. The van der Waals surface area contributed by atoms with Crippen LogP contribution in [0.4, 0.5) is 0 Å². The minimum absolute atomic E-state index is 0.0831. The number of carbonyl (C=O) groups excluding carboxylic acids is 6. The van der Waals surface area contributed by atoms with Gasteiger partial charge in [0, 0.05) is 54.3 Å². The zero-order valence-corrected chi connectivity index (χ0v) is 50.8. The molecule has 12 heterocycles. The fourth-order valence-electron chi connectivity index (χ4n) is 17.4. The molecule has 12 saturated heterocycles. The molecule has 0 amide bonds. The molecule has 1 unspecified atom stereocenters. The van der Waals surface area contributed by atoms with Gasteiger partial charge in [-0.1, -0.05) is 48.5 Å². The molecule has 3 saturated carbocycles. The van der Waals surface area contributed by atoms with Crippen LogP contribution < -0.4 is 0 Å². The first-order valence-corrected chi connectivity index (χ1v) is 31.5. The average molecular weight is 1210 g/mol. The largest absolute Gasteiger partial charge is 0.462 e. The Morgan fingerprint density at radius 2 is 0.812 bits per heavy atom. The Bertz CT molecular complexity index is 2570. The van der Waals surface area contributed by atoms with Crippen LogP contribution in [-0.2, 0) is 115 Å². The second-order valence-corrected chi connectivity index (χ2v) is 27.9. The first-order valence-electron chi connectivity index (χ1n) is 31.5. The first kappa shape index (κ1) is 61.6. The normalized spacial score (nSPS) is 48.3. The Kier molecular flexibility index (Phi) is 16.6. The predicted molar refractivity (Wildman–Crippen MR) is 283 cm³/mol. The highest BCUT2D eigenvalue weighted by molar-refractivity contribution is 5.79. The van der Waals surface area contributed by atoms with Crippen LogP contribution in [0.15, 0.2) is 0 Å². The van der Waals surface area contributed by atoms with E-state index in [2.05, 4.69) is 27.7 Å². The van der Waals surface area contributed by atoms with Gasteiger partial charge in [0.2, 0.25) is 36.2 Å². The molecule has 25 atom stereocenters. The van der Waals surface area contributed by atoms with E-state index < -0.39 is 158 Å². The number of rotatable bonds is 17. The molecule has 12 aliphatic heterocycles. The van der Waals surface area contributed by atoms with E-state index >= 15 is 0 Å². The van der Waals surface area contributed by atoms with Crippen LogP contribution in [0.25, 0.3) is 0 Å². The molecule has 85 heavy (non-hydrogen) atoms. The number of fused-ring (bicyclic) bond motifs is 6. The van der Waals surface area contributed by atoms with Crippen molar-refractivity contribution in [3.63, 3.8) is 0 Å². The highest BCUT2D eigenvalue weighted by Crippen LogP contribution is 2.67. The molecular weight excluding hydrogens is 1120 g/mol. The lowest BCUT2D eigenvalue weighted by Gasteiger charge is -2.65. The molecule has 3 aliphatic carbocycles. The summed E-state index contributed by atoms with van der Waals surface area (Å²) in [4.78, 5) is 117. The third-order valence-corrected chi connectivity index (χ3v) is 22.6. The van der Waals surface area contributed by atoms with Gasteiger partial charge >= 0.3 is 35.8 Å². The monoisotopic (exact) mass is 1200 g/mol. The number of hydrogen-bond acceptors (Lipinski definition) is 24. The zero-order valence-electron chi connectivity index (χ0n) is 50.8. The van der Waals surface area contributed by atoms with Crippen molar-refractivity contribution in [2.45, 2.75) is 263 Å². The molecule has 24 nitrogen and oxygen atoms in total. The molecular formula is C61H88O24. The zero-order chi connectivity index (χ0) is 60.2. The topological polar surface area (TPSA) is 269 Å². The van der Waals surface area contributed by atoms with Gasteiger partial charge in [0.05, 0.1) is 38.5 Å². The van der Waals surface area contributed by atoms with Gasteiger partial charge in [0.15, 0.2) is 41.8 Å². The van der Waals surface area contributed by atoms with Crippen LogP contribution in [0, 0.1) is 70.5 Å². The summed E-state index contributed by atoms with van der Waals surface area (Å²) in [6, 6.07) is 0. The average Bonchev–Trinajstić information content (AvgIpc) is 1.77. The second-order valence-electron chi connectivity index (χ2n) is 27.9. The van der Waals surface area contributed by atoms with Crippen molar-refractivity contribution < 1.29 is 115 Å². The fourth-order valence-corrected chi connectivity index (χ4v) is 17.4. The Labute approximate surface area is 495 Å². The van der Waals surface area contributed by atoms with Crippen molar-refractivity contribution in [3.8, 4) is 0 Å². The maximum atomic E-state index is 13.5. The van der Waals surface area contributed by atoms with E-state index in [0.29, 0.717) is 37.0 Å². The summed E-state index contributed by atoms with van der Waals surface area (Å²) >= 11 is 0. The van der Waals surface area contributed by atoms with Gasteiger partial charge in [0.1, 0.15) is 13.2 Å². The van der Waals surface area contributed by atoms with E-state index in [0.717, 1.165) is 57.8 Å². The number of hydrogen-bond donors (Lipinski definition) is 0. The van der Waals surface area contributed by atoms with E-state index in [1.807, 2.05) is 27.7 Å². The first-order chi connectivity index (χ1) is 40.3. The van der Waals surface area contributed by atoms with Gasteiger partial charge in [-0.25, -0.2) is 29.3 Å². The highest BCUT2D eigenvalue weighted by atomic mass is 17.3. The molecule has 0 aromatic carbocycles. The lowest BCUT2D eigenvalue weighted by atomic mass is 9.50. The lowest BCUT2D eigenvalue weighted by Crippen LogP contribution is -2.74. The second kappa shape index (κ2) is 23.0. The van der Waals surface area contributed by atoms with Crippen molar-refractivity contribution in [1.29, 1.82) is 0 Å². The van der Waals surface area contributed by atoms with Crippen LogP contribution in [0.5, 0.6) is 0 Å². The van der Waals surface area contributed by atoms with Gasteiger partial charge in [0.25, 0.3) is 0 Å². The molecule has 15 fully saturated rings. The maximum Gasteiger partial charge on any atom is 0.308 e. The molecule has 0 radical (unpaired) electrons. The molecule has 6 bridgehead atoms. The number of esters is 6. The van der Waals surface area contributed by atoms with Gasteiger partial charge in [-0.2, -0.15) is 0 Å². The minimum atomic E-state index is -1.37. The minimum Gasteiger partial charge on any atom is -0.462 e. The van der Waals surface area contributed by atoms with Crippen LogP contribution in [0.3, 0.4) is 0 Å². The molecule has 24 heteroatoms. The smallest absolute Gasteiger partial charge is 0.308 e. The molecule has 0 aromatic heterocycles. The fraction of sp³-hybridized carbons (Fsp3) is 0.902. The summed E-state index contributed by atoms with van der Waals surface area (Å²) in [6.07, 6.45) is 0.0776. The quantitative estimate of drug-likeness (QED) is 0.0758. The Hall–Kier alpha value is -3.66. The summed E-state index contributed by atoms with van der Waals surface area (Å²) in [5.41, 5.74) is -3.20. The summed E-state index contributed by atoms with van der Waals surface area (Å²) < 4.78 is 72.8. The van der Waals surface area contributed by atoms with Gasteiger partial charge in [-0.15, -0.1) is 0 Å². The molecule has 15 rings (SSSR count). The Balaban J connectivity index is 0.648. The van der Waals surface area contributed by atoms with Crippen LogP contribution in [-0.4, -0.2) is 127 Å². The van der Waals surface area contributed by atoms with Crippen molar-refractivity contribution in [2.24, 2.45) is 70.5 Å². The summed E-state index contributed by atoms with van der Waals surface area (Å²) in [7, 11) is 0. The predicted octanol–water partition coefficient (Wildman–Crippen LogP) is 7.97. The summed E-state index contributed by atoms with van der Waals surface area (Å²) in [5, 5.41) is 0. The van der Waals surface area contributed by atoms with E-state index in [-0.39, 0.29) is 60.2 Å². The maximum absolute atomic E-state index is 13.5.